The van der Waals surface area contributed by atoms with E-state index in [9.17, 15) is 0 Å². The van der Waals surface area contributed by atoms with Crippen molar-refractivity contribution in [1.82, 2.24) is 10.6 Å². The molecule has 1 aliphatic rings. The zero-order valence-corrected chi connectivity index (χ0v) is 18.2. The van der Waals surface area contributed by atoms with Crippen molar-refractivity contribution < 1.29 is 14.2 Å². The number of methoxy groups -OCH3 is 1. The SMILES string of the molecule is CN=C(NCCCOCC1CCOC1)NCC(OC)C(C)(C)C.I. The molecule has 1 aliphatic heterocycles. The Kier molecular flexibility index (Phi) is 13.1. The highest BCUT2D eigenvalue weighted by atomic mass is 127. The van der Waals surface area contributed by atoms with Gasteiger partial charge in [-0.25, -0.2) is 0 Å². The van der Waals surface area contributed by atoms with Gasteiger partial charge in [-0.1, -0.05) is 20.8 Å². The molecule has 0 aromatic carbocycles. The molecule has 0 aromatic heterocycles. The Hall–Kier alpha value is -0.120. The van der Waals surface area contributed by atoms with E-state index in [1.54, 1.807) is 14.2 Å². The van der Waals surface area contributed by atoms with Crippen molar-refractivity contribution in [2.45, 2.75) is 39.7 Å². The van der Waals surface area contributed by atoms with Crippen LogP contribution in [0.3, 0.4) is 0 Å². The zero-order chi connectivity index (χ0) is 17.1. The largest absolute Gasteiger partial charge is 0.381 e. The van der Waals surface area contributed by atoms with Crippen molar-refractivity contribution in [3.63, 3.8) is 0 Å². The van der Waals surface area contributed by atoms with E-state index in [-0.39, 0.29) is 35.5 Å². The summed E-state index contributed by atoms with van der Waals surface area (Å²) in [4.78, 5) is 4.24. The normalized spacial score (nSPS) is 19.7. The molecule has 7 heteroatoms. The lowest BCUT2D eigenvalue weighted by atomic mass is 9.89. The van der Waals surface area contributed by atoms with Crippen LogP contribution in [0.1, 0.15) is 33.6 Å². The molecule has 1 fully saturated rings. The number of rotatable bonds is 9. The third kappa shape index (κ3) is 10.0. The maximum absolute atomic E-state index is 5.69. The molecular formula is C17H36IN3O3. The van der Waals surface area contributed by atoms with Crippen LogP contribution in [0.2, 0.25) is 0 Å². The fraction of sp³-hybridized carbons (Fsp3) is 0.941. The van der Waals surface area contributed by atoms with E-state index in [0.29, 0.717) is 5.92 Å². The van der Waals surface area contributed by atoms with Crippen LogP contribution < -0.4 is 10.6 Å². The van der Waals surface area contributed by atoms with Gasteiger partial charge in [0.25, 0.3) is 0 Å². The first kappa shape index (κ1) is 23.9. The van der Waals surface area contributed by atoms with Crippen LogP contribution in [-0.2, 0) is 14.2 Å². The molecule has 0 amide bonds. The Morgan fingerprint density at radius 1 is 1.33 bits per heavy atom. The summed E-state index contributed by atoms with van der Waals surface area (Å²) in [6, 6.07) is 0. The number of aliphatic imine (C=N–C) groups is 1. The maximum Gasteiger partial charge on any atom is 0.191 e. The summed E-state index contributed by atoms with van der Waals surface area (Å²) in [6.45, 7) is 11.4. The zero-order valence-electron chi connectivity index (χ0n) is 15.9. The Morgan fingerprint density at radius 2 is 2.08 bits per heavy atom. The quantitative estimate of drug-likeness (QED) is 0.241. The molecule has 1 saturated heterocycles. The predicted molar refractivity (Wildman–Crippen MR) is 109 cm³/mol. The van der Waals surface area contributed by atoms with E-state index in [0.717, 1.165) is 58.3 Å². The lowest BCUT2D eigenvalue weighted by Gasteiger charge is -2.30. The molecule has 0 radical (unpaired) electrons. The van der Waals surface area contributed by atoms with Crippen molar-refractivity contribution >= 4 is 29.9 Å². The van der Waals surface area contributed by atoms with Gasteiger partial charge in [-0.15, -0.1) is 24.0 Å². The molecule has 144 valence electrons. The number of ether oxygens (including phenoxy) is 3. The van der Waals surface area contributed by atoms with Crippen LogP contribution in [0, 0.1) is 11.3 Å². The van der Waals surface area contributed by atoms with Gasteiger partial charge < -0.3 is 24.8 Å². The summed E-state index contributed by atoms with van der Waals surface area (Å²) >= 11 is 0. The second-order valence-corrected chi connectivity index (χ2v) is 7.13. The lowest BCUT2D eigenvalue weighted by molar-refractivity contribution is 0.0205. The molecule has 0 aliphatic carbocycles. The van der Waals surface area contributed by atoms with Gasteiger partial charge in [-0.2, -0.15) is 0 Å². The van der Waals surface area contributed by atoms with Crippen molar-refractivity contribution in [3.05, 3.63) is 0 Å². The van der Waals surface area contributed by atoms with E-state index >= 15 is 0 Å². The van der Waals surface area contributed by atoms with Gasteiger partial charge in [-0.05, 0) is 18.3 Å². The van der Waals surface area contributed by atoms with E-state index in [1.165, 1.54) is 0 Å². The van der Waals surface area contributed by atoms with Gasteiger partial charge >= 0.3 is 0 Å². The number of halogens is 1. The molecule has 0 aromatic rings. The highest BCUT2D eigenvalue weighted by Gasteiger charge is 2.24. The molecule has 0 spiro atoms. The first-order chi connectivity index (χ1) is 11.0. The van der Waals surface area contributed by atoms with Gasteiger partial charge in [0.05, 0.1) is 19.3 Å². The fourth-order valence-corrected chi connectivity index (χ4v) is 2.50. The fourth-order valence-electron chi connectivity index (χ4n) is 2.50. The van der Waals surface area contributed by atoms with Gasteiger partial charge in [0, 0.05) is 46.4 Å². The minimum absolute atomic E-state index is 0. The van der Waals surface area contributed by atoms with E-state index < -0.39 is 0 Å². The molecule has 1 rings (SSSR count). The monoisotopic (exact) mass is 457 g/mol. The first-order valence-corrected chi connectivity index (χ1v) is 8.60. The van der Waals surface area contributed by atoms with Crippen LogP contribution in [0.25, 0.3) is 0 Å². The van der Waals surface area contributed by atoms with Crippen molar-refractivity contribution in [3.8, 4) is 0 Å². The van der Waals surface area contributed by atoms with Crippen LogP contribution in [-0.4, -0.2) is 65.7 Å². The molecule has 2 atom stereocenters. The molecule has 6 nitrogen and oxygen atoms in total. The topological polar surface area (TPSA) is 64.1 Å². The number of nitrogens with one attached hydrogen (secondary N) is 2. The third-order valence-electron chi connectivity index (χ3n) is 4.06. The summed E-state index contributed by atoms with van der Waals surface area (Å²) in [6.07, 6.45) is 2.22. The van der Waals surface area contributed by atoms with E-state index in [2.05, 4.69) is 36.4 Å². The summed E-state index contributed by atoms with van der Waals surface area (Å²) in [7, 11) is 3.53. The molecule has 2 unspecified atom stereocenters. The lowest BCUT2D eigenvalue weighted by Crippen LogP contribution is -2.45. The standard InChI is InChI=1S/C17H35N3O3.HI/c1-17(2,3)15(21-5)11-20-16(18-4)19-8-6-9-22-12-14-7-10-23-13-14;/h14-15H,6-13H2,1-5H3,(H2,18,19,20);1H. The summed E-state index contributed by atoms with van der Waals surface area (Å²) in [5.41, 5.74) is 0.0956. The Balaban J connectivity index is 0.00000529. The van der Waals surface area contributed by atoms with Gasteiger partial charge in [0.2, 0.25) is 0 Å². The van der Waals surface area contributed by atoms with E-state index in [1.807, 2.05) is 0 Å². The molecule has 0 saturated carbocycles. The Morgan fingerprint density at radius 3 is 2.62 bits per heavy atom. The minimum Gasteiger partial charge on any atom is -0.381 e. The van der Waals surface area contributed by atoms with Gasteiger partial charge in [0.15, 0.2) is 5.96 Å². The molecule has 2 N–H and O–H groups in total. The minimum atomic E-state index is 0. The van der Waals surface area contributed by atoms with Crippen molar-refractivity contribution in [2.24, 2.45) is 16.3 Å². The van der Waals surface area contributed by atoms with Gasteiger partial charge in [-0.3, -0.25) is 4.99 Å². The second-order valence-electron chi connectivity index (χ2n) is 7.13. The van der Waals surface area contributed by atoms with E-state index in [4.69, 9.17) is 14.2 Å². The van der Waals surface area contributed by atoms with Crippen molar-refractivity contribution in [1.29, 1.82) is 0 Å². The Labute approximate surface area is 164 Å². The smallest absolute Gasteiger partial charge is 0.191 e. The summed E-state index contributed by atoms with van der Waals surface area (Å²) in [5, 5.41) is 6.63. The molecule has 0 bridgehead atoms. The van der Waals surface area contributed by atoms with Crippen LogP contribution >= 0.6 is 24.0 Å². The maximum atomic E-state index is 5.69. The first-order valence-electron chi connectivity index (χ1n) is 8.60. The van der Waals surface area contributed by atoms with Gasteiger partial charge in [0.1, 0.15) is 0 Å². The van der Waals surface area contributed by atoms with Crippen LogP contribution in [0.4, 0.5) is 0 Å². The molecule has 1 heterocycles. The third-order valence-corrected chi connectivity index (χ3v) is 4.06. The average Bonchev–Trinajstić information content (AvgIpc) is 3.01. The number of hydrogen-bond donors (Lipinski definition) is 2. The summed E-state index contributed by atoms with van der Waals surface area (Å²) in [5.74, 6) is 1.39. The average molecular weight is 457 g/mol. The van der Waals surface area contributed by atoms with Crippen molar-refractivity contribution in [2.75, 3.05) is 53.7 Å². The highest BCUT2D eigenvalue weighted by Crippen LogP contribution is 2.20. The molecule has 24 heavy (non-hydrogen) atoms. The second kappa shape index (κ2) is 13.1. The summed E-state index contributed by atoms with van der Waals surface area (Å²) < 4.78 is 16.6. The number of hydrogen-bond acceptors (Lipinski definition) is 4. The molecular weight excluding hydrogens is 421 g/mol. The predicted octanol–water partition coefficient (Wildman–Crippen LogP) is 2.27. The Bertz CT molecular complexity index is 342. The highest BCUT2D eigenvalue weighted by molar-refractivity contribution is 14.0. The van der Waals surface area contributed by atoms with Crippen LogP contribution in [0.15, 0.2) is 4.99 Å². The number of nitrogens with zero attached hydrogens (tertiary/aromatic N) is 1. The van der Waals surface area contributed by atoms with Crippen LogP contribution in [0.5, 0.6) is 0 Å². The number of guanidine groups is 1.